The van der Waals surface area contributed by atoms with Crippen LogP contribution in [0, 0.1) is 5.92 Å². The molecular formula is C12H23ClN2O2. The van der Waals surface area contributed by atoms with Crippen LogP contribution in [0.1, 0.15) is 32.6 Å². The molecule has 2 heterocycles. The van der Waals surface area contributed by atoms with E-state index in [1.165, 1.54) is 6.42 Å². The molecule has 0 aromatic carbocycles. The molecule has 0 radical (unpaired) electrons. The van der Waals surface area contributed by atoms with Crippen LogP contribution in [0.25, 0.3) is 0 Å². The third kappa shape index (κ3) is 4.45. The van der Waals surface area contributed by atoms with Gasteiger partial charge in [-0.05, 0) is 45.2 Å². The first-order valence-corrected chi connectivity index (χ1v) is 6.37. The number of hydrogen-bond acceptors (Lipinski definition) is 3. The molecule has 0 aromatic rings. The van der Waals surface area contributed by atoms with E-state index in [1.807, 2.05) is 6.92 Å². The fraction of sp³-hybridized carbons (Fsp3) is 0.917. The highest BCUT2D eigenvalue weighted by molar-refractivity contribution is 5.85. The van der Waals surface area contributed by atoms with Crippen molar-refractivity contribution in [1.82, 2.24) is 10.6 Å². The van der Waals surface area contributed by atoms with E-state index in [0.29, 0.717) is 12.3 Å². The van der Waals surface area contributed by atoms with Gasteiger partial charge in [-0.15, -0.1) is 12.4 Å². The van der Waals surface area contributed by atoms with Crippen LogP contribution in [0.15, 0.2) is 0 Å². The topological polar surface area (TPSA) is 50.4 Å². The maximum atomic E-state index is 11.7. The Morgan fingerprint density at radius 2 is 2.29 bits per heavy atom. The Hall–Kier alpha value is -0.320. The van der Waals surface area contributed by atoms with Crippen LogP contribution in [-0.4, -0.2) is 37.7 Å². The van der Waals surface area contributed by atoms with E-state index in [4.69, 9.17) is 4.74 Å². The van der Waals surface area contributed by atoms with E-state index in [0.717, 1.165) is 32.5 Å². The summed E-state index contributed by atoms with van der Waals surface area (Å²) in [6.07, 6.45) is 4.03. The maximum absolute atomic E-state index is 11.7. The van der Waals surface area contributed by atoms with Crippen LogP contribution in [0.4, 0.5) is 0 Å². The Morgan fingerprint density at radius 1 is 1.47 bits per heavy atom. The van der Waals surface area contributed by atoms with Crippen molar-refractivity contribution >= 4 is 18.3 Å². The number of hydrogen-bond donors (Lipinski definition) is 2. The average Bonchev–Trinajstić information content (AvgIpc) is 2.88. The molecule has 2 rings (SSSR count). The van der Waals surface area contributed by atoms with Crippen LogP contribution >= 0.6 is 12.4 Å². The predicted molar refractivity (Wildman–Crippen MR) is 69.4 cm³/mol. The highest BCUT2D eigenvalue weighted by atomic mass is 35.5. The van der Waals surface area contributed by atoms with Crippen molar-refractivity contribution in [3.05, 3.63) is 0 Å². The summed E-state index contributed by atoms with van der Waals surface area (Å²) in [6.45, 7) is 4.99. The molecule has 2 fully saturated rings. The molecule has 2 aliphatic rings. The first-order chi connectivity index (χ1) is 7.75. The molecule has 17 heavy (non-hydrogen) atoms. The van der Waals surface area contributed by atoms with E-state index >= 15 is 0 Å². The third-order valence-corrected chi connectivity index (χ3v) is 3.66. The molecule has 1 amide bonds. The van der Waals surface area contributed by atoms with Crippen molar-refractivity contribution in [2.24, 2.45) is 5.92 Å². The van der Waals surface area contributed by atoms with E-state index in [1.54, 1.807) is 0 Å². The van der Waals surface area contributed by atoms with Gasteiger partial charge in [0.05, 0.1) is 12.1 Å². The smallest absolute Gasteiger partial charge is 0.220 e. The van der Waals surface area contributed by atoms with Gasteiger partial charge in [-0.25, -0.2) is 0 Å². The zero-order valence-electron chi connectivity index (χ0n) is 10.4. The first kappa shape index (κ1) is 14.7. The highest BCUT2D eigenvalue weighted by Crippen LogP contribution is 2.16. The minimum absolute atomic E-state index is 0. The first-order valence-electron chi connectivity index (χ1n) is 6.37. The number of nitrogens with one attached hydrogen (secondary N) is 2. The molecule has 0 aliphatic carbocycles. The molecule has 0 spiro atoms. The zero-order valence-corrected chi connectivity index (χ0v) is 11.2. The van der Waals surface area contributed by atoms with E-state index in [2.05, 4.69) is 10.6 Å². The lowest BCUT2D eigenvalue weighted by molar-refractivity contribution is -0.122. The summed E-state index contributed by atoms with van der Waals surface area (Å²) < 4.78 is 5.42. The van der Waals surface area contributed by atoms with Crippen LogP contribution in [-0.2, 0) is 9.53 Å². The Balaban J connectivity index is 0.00000144. The number of carbonyl (C=O) groups is 1. The Labute approximate surface area is 109 Å². The van der Waals surface area contributed by atoms with Gasteiger partial charge < -0.3 is 15.4 Å². The Morgan fingerprint density at radius 3 is 2.88 bits per heavy atom. The van der Waals surface area contributed by atoms with E-state index in [9.17, 15) is 4.79 Å². The minimum Gasteiger partial charge on any atom is -0.376 e. The fourth-order valence-electron chi connectivity index (χ4n) is 2.50. The number of amides is 1. The molecule has 5 heteroatoms. The van der Waals surface area contributed by atoms with Crippen molar-refractivity contribution in [3.8, 4) is 0 Å². The molecule has 0 saturated carbocycles. The Kier molecular flexibility index (Phi) is 6.23. The molecule has 2 N–H and O–H groups in total. The summed E-state index contributed by atoms with van der Waals surface area (Å²) in [4.78, 5) is 11.7. The third-order valence-electron chi connectivity index (χ3n) is 3.66. The summed E-state index contributed by atoms with van der Waals surface area (Å²) in [7, 11) is 0. The van der Waals surface area contributed by atoms with Crippen molar-refractivity contribution in [1.29, 1.82) is 0 Å². The van der Waals surface area contributed by atoms with Crippen molar-refractivity contribution in [2.75, 3.05) is 19.7 Å². The molecule has 2 saturated heterocycles. The number of ether oxygens (including phenoxy) is 1. The van der Waals surface area contributed by atoms with Gasteiger partial charge in [-0.3, -0.25) is 4.79 Å². The van der Waals surface area contributed by atoms with Gasteiger partial charge in [0.25, 0.3) is 0 Å². The molecule has 4 nitrogen and oxygen atoms in total. The second kappa shape index (κ2) is 7.19. The molecule has 2 aliphatic heterocycles. The van der Waals surface area contributed by atoms with E-state index < -0.39 is 0 Å². The maximum Gasteiger partial charge on any atom is 0.220 e. The van der Waals surface area contributed by atoms with Crippen LogP contribution in [0.2, 0.25) is 0 Å². The average molecular weight is 263 g/mol. The van der Waals surface area contributed by atoms with Gasteiger partial charge in [0.15, 0.2) is 0 Å². The molecule has 0 bridgehead atoms. The molecule has 100 valence electrons. The SMILES string of the molecule is CC1OCCC1NC(=O)CCC1CCNC1.Cl. The highest BCUT2D eigenvalue weighted by Gasteiger charge is 2.25. The number of carbonyl (C=O) groups excluding carboxylic acids is 1. The number of rotatable bonds is 4. The molecule has 3 unspecified atom stereocenters. The lowest BCUT2D eigenvalue weighted by Crippen LogP contribution is -2.39. The lowest BCUT2D eigenvalue weighted by Gasteiger charge is -2.16. The van der Waals surface area contributed by atoms with Crippen molar-refractivity contribution in [2.45, 2.75) is 44.8 Å². The fourth-order valence-corrected chi connectivity index (χ4v) is 2.50. The van der Waals surface area contributed by atoms with Crippen LogP contribution in [0.5, 0.6) is 0 Å². The second-order valence-electron chi connectivity index (χ2n) is 4.94. The summed E-state index contributed by atoms with van der Waals surface area (Å²) in [5.41, 5.74) is 0. The number of halogens is 1. The summed E-state index contributed by atoms with van der Waals surface area (Å²) in [5, 5.41) is 6.39. The van der Waals surface area contributed by atoms with Gasteiger partial charge >= 0.3 is 0 Å². The summed E-state index contributed by atoms with van der Waals surface area (Å²) in [6, 6.07) is 0.231. The predicted octanol–water partition coefficient (Wildman–Crippen LogP) is 1.09. The normalized spacial score (nSPS) is 32.2. The van der Waals surface area contributed by atoms with Gasteiger partial charge in [-0.1, -0.05) is 0 Å². The van der Waals surface area contributed by atoms with Crippen LogP contribution < -0.4 is 10.6 Å². The van der Waals surface area contributed by atoms with Gasteiger partial charge in [-0.2, -0.15) is 0 Å². The largest absolute Gasteiger partial charge is 0.376 e. The zero-order chi connectivity index (χ0) is 11.4. The summed E-state index contributed by atoms with van der Waals surface area (Å²) >= 11 is 0. The minimum atomic E-state index is 0. The van der Waals surface area contributed by atoms with E-state index in [-0.39, 0.29) is 30.5 Å². The Bertz CT molecular complexity index is 245. The lowest BCUT2D eigenvalue weighted by atomic mass is 10.0. The van der Waals surface area contributed by atoms with Crippen molar-refractivity contribution < 1.29 is 9.53 Å². The van der Waals surface area contributed by atoms with Gasteiger partial charge in [0, 0.05) is 13.0 Å². The standard InChI is InChI=1S/C12H22N2O2.ClH/c1-9-11(5-7-16-9)14-12(15)3-2-10-4-6-13-8-10;/h9-11,13H,2-8H2,1H3,(H,14,15);1H. The summed E-state index contributed by atoms with van der Waals surface area (Å²) in [5.74, 6) is 0.886. The monoisotopic (exact) mass is 262 g/mol. The van der Waals surface area contributed by atoms with Gasteiger partial charge in [0.2, 0.25) is 5.91 Å². The second-order valence-corrected chi connectivity index (χ2v) is 4.94. The molecule has 3 atom stereocenters. The van der Waals surface area contributed by atoms with Gasteiger partial charge in [0.1, 0.15) is 0 Å². The molecule has 0 aromatic heterocycles. The van der Waals surface area contributed by atoms with Crippen LogP contribution in [0.3, 0.4) is 0 Å². The quantitative estimate of drug-likeness (QED) is 0.798. The van der Waals surface area contributed by atoms with Crippen molar-refractivity contribution in [3.63, 3.8) is 0 Å². The molecular weight excluding hydrogens is 240 g/mol.